The molecule has 0 spiro atoms. The number of nitrogens with zero attached hydrogens (tertiary/aromatic N) is 2. The molecule has 184 valence electrons. The average Bonchev–Trinajstić information content (AvgIpc) is 2.79. The van der Waals surface area contributed by atoms with Gasteiger partial charge in [0.15, 0.2) is 0 Å². The van der Waals surface area contributed by atoms with Gasteiger partial charge in [-0.1, -0.05) is 25.7 Å². The van der Waals surface area contributed by atoms with Crippen LogP contribution in [0.4, 0.5) is 4.79 Å². The van der Waals surface area contributed by atoms with Crippen molar-refractivity contribution in [2.24, 2.45) is 5.92 Å². The van der Waals surface area contributed by atoms with Crippen LogP contribution in [0.3, 0.4) is 0 Å². The van der Waals surface area contributed by atoms with E-state index in [0.29, 0.717) is 12.1 Å². The van der Waals surface area contributed by atoms with Crippen molar-refractivity contribution >= 4 is 16.1 Å². The van der Waals surface area contributed by atoms with Crippen molar-refractivity contribution in [3.05, 3.63) is 23.8 Å². The minimum atomic E-state index is -3.93. The number of aliphatic hydroxyl groups excluding tert-OH is 1. The molecule has 0 saturated carbocycles. The summed E-state index contributed by atoms with van der Waals surface area (Å²) >= 11 is 0. The highest BCUT2D eigenvalue weighted by atomic mass is 32.2. The van der Waals surface area contributed by atoms with Crippen LogP contribution in [0, 0.1) is 17.8 Å². The number of benzene rings is 1. The van der Waals surface area contributed by atoms with Gasteiger partial charge in [0.05, 0.1) is 13.2 Å². The number of fused-ring (bicyclic) bond motifs is 1. The number of carbonyl (C=O) groups excluding carboxylic acids is 1. The Morgan fingerprint density at radius 1 is 1.45 bits per heavy atom. The Hall–Kier alpha value is -2.32. The molecule has 33 heavy (non-hydrogen) atoms. The lowest BCUT2D eigenvalue weighted by atomic mass is 10.0. The number of hydrogen-bond acceptors (Lipinski definition) is 6. The van der Waals surface area contributed by atoms with Crippen LogP contribution in [0.1, 0.15) is 32.8 Å². The lowest BCUT2D eigenvalue weighted by Crippen LogP contribution is -2.51. The molecule has 2 N–H and O–H groups in total. The number of hydrogen-bond donors (Lipinski definition) is 2. The van der Waals surface area contributed by atoms with Gasteiger partial charge in [-0.3, -0.25) is 0 Å². The molecule has 2 rings (SSSR count). The maximum atomic E-state index is 13.5. The molecule has 3 atom stereocenters. The number of nitrogens with one attached hydrogen (secondary N) is 1. The van der Waals surface area contributed by atoms with E-state index in [4.69, 9.17) is 9.47 Å². The maximum absolute atomic E-state index is 13.5. The minimum Gasteiger partial charge on any atom is -0.487 e. The lowest BCUT2D eigenvalue weighted by molar-refractivity contribution is 0.0812. The second kappa shape index (κ2) is 12.2. The third-order valence-electron chi connectivity index (χ3n) is 5.44. The van der Waals surface area contributed by atoms with Crippen molar-refractivity contribution in [2.75, 3.05) is 47.0 Å². The summed E-state index contributed by atoms with van der Waals surface area (Å²) in [4.78, 5) is 13.9. The van der Waals surface area contributed by atoms with Crippen LogP contribution in [0.2, 0.25) is 0 Å². The number of aliphatic hydroxyl groups is 1. The monoisotopic (exact) mass is 481 g/mol. The summed E-state index contributed by atoms with van der Waals surface area (Å²) in [6.07, 6.45) is 0.342. The van der Waals surface area contributed by atoms with Crippen molar-refractivity contribution in [1.29, 1.82) is 0 Å². The van der Waals surface area contributed by atoms with Gasteiger partial charge in [0, 0.05) is 44.8 Å². The van der Waals surface area contributed by atoms with Crippen LogP contribution in [-0.2, 0) is 14.8 Å². The molecule has 0 saturated heterocycles. The molecule has 1 aliphatic heterocycles. The van der Waals surface area contributed by atoms with Crippen molar-refractivity contribution in [3.8, 4) is 17.6 Å². The molecule has 2 amide bonds. The van der Waals surface area contributed by atoms with E-state index in [-0.39, 0.29) is 48.9 Å². The van der Waals surface area contributed by atoms with E-state index in [1.807, 2.05) is 13.8 Å². The molecule has 0 unspecified atom stereocenters. The fourth-order valence-corrected chi connectivity index (χ4v) is 5.28. The summed E-state index contributed by atoms with van der Waals surface area (Å²) in [5.41, 5.74) is 0.587. The second-order valence-corrected chi connectivity index (χ2v) is 10.1. The fraction of sp³-hybridized carbons (Fsp3) is 0.609. The number of likely N-dealkylation sites (N-methyl/N-ethyl adjacent to an activating group) is 1. The summed E-state index contributed by atoms with van der Waals surface area (Å²) in [5, 5.41) is 12.6. The Labute approximate surface area is 197 Å². The summed E-state index contributed by atoms with van der Waals surface area (Å²) in [6.45, 7) is 6.42. The topological polar surface area (TPSA) is 108 Å². The molecule has 0 fully saturated rings. The van der Waals surface area contributed by atoms with E-state index in [2.05, 4.69) is 17.2 Å². The van der Waals surface area contributed by atoms with Gasteiger partial charge >= 0.3 is 6.03 Å². The average molecular weight is 482 g/mol. The van der Waals surface area contributed by atoms with Crippen LogP contribution in [-0.4, -0.2) is 87.9 Å². The van der Waals surface area contributed by atoms with Gasteiger partial charge in [-0.2, -0.15) is 4.31 Å². The van der Waals surface area contributed by atoms with E-state index in [0.717, 1.165) is 6.42 Å². The minimum absolute atomic E-state index is 0.00933. The first kappa shape index (κ1) is 26.9. The number of urea groups is 1. The number of methoxy groups -OCH3 is 1. The first-order valence-corrected chi connectivity index (χ1v) is 12.5. The van der Waals surface area contributed by atoms with Crippen LogP contribution in [0.25, 0.3) is 0 Å². The molecule has 9 nitrogen and oxygen atoms in total. The highest BCUT2D eigenvalue weighted by Gasteiger charge is 2.38. The van der Waals surface area contributed by atoms with E-state index >= 15 is 0 Å². The van der Waals surface area contributed by atoms with E-state index < -0.39 is 22.2 Å². The number of sulfonamides is 1. The Bertz CT molecular complexity index is 972. The van der Waals surface area contributed by atoms with Gasteiger partial charge in [-0.05, 0) is 31.5 Å². The zero-order chi connectivity index (χ0) is 24.6. The molecule has 1 aliphatic rings. The van der Waals surface area contributed by atoms with Crippen molar-refractivity contribution in [2.45, 2.75) is 44.2 Å². The van der Waals surface area contributed by atoms with Crippen molar-refractivity contribution in [1.82, 2.24) is 14.5 Å². The number of amides is 2. The van der Waals surface area contributed by atoms with Gasteiger partial charge < -0.3 is 24.8 Å². The normalized spacial score (nSPS) is 20.8. The molecule has 1 aromatic rings. The van der Waals surface area contributed by atoms with Crippen molar-refractivity contribution in [3.63, 3.8) is 0 Å². The molecule has 1 aromatic carbocycles. The highest BCUT2D eigenvalue weighted by Crippen LogP contribution is 2.34. The fourth-order valence-electron chi connectivity index (χ4n) is 3.45. The third kappa shape index (κ3) is 6.84. The zero-order valence-electron chi connectivity index (χ0n) is 20.0. The highest BCUT2D eigenvalue weighted by molar-refractivity contribution is 7.89. The zero-order valence-corrected chi connectivity index (χ0v) is 20.8. The van der Waals surface area contributed by atoms with Gasteiger partial charge in [0.25, 0.3) is 0 Å². The maximum Gasteiger partial charge on any atom is 0.317 e. The van der Waals surface area contributed by atoms with Crippen LogP contribution >= 0.6 is 0 Å². The molecule has 1 heterocycles. The quantitative estimate of drug-likeness (QED) is 0.572. The lowest BCUT2D eigenvalue weighted by Gasteiger charge is -2.37. The first-order valence-electron chi connectivity index (χ1n) is 11.1. The molecule has 0 radical (unpaired) electrons. The predicted octanol–water partition coefficient (Wildman–Crippen LogP) is 1.50. The van der Waals surface area contributed by atoms with E-state index in [1.165, 1.54) is 15.3 Å². The molecule has 0 aliphatic carbocycles. The second-order valence-electron chi connectivity index (χ2n) is 8.25. The van der Waals surface area contributed by atoms with Crippen LogP contribution in [0.15, 0.2) is 23.1 Å². The van der Waals surface area contributed by atoms with Gasteiger partial charge in [0.1, 0.15) is 23.4 Å². The Morgan fingerprint density at radius 2 is 2.18 bits per heavy atom. The first-order chi connectivity index (χ1) is 15.6. The van der Waals surface area contributed by atoms with Gasteiger partial charge in [0.2, 0.25) is 10.0 Å². The Kier molecular flexibility index (Phi) is 9.98. The summed E-state index contributed by atoms with van der Waals surface area (Å²) in [6, 6.07) is 3.86. The third-order valence-corrected chi connectivity index (χ3v) is 7.46. The summed E-state index contributed by atoms with van der Waals surface area (Å²) in [5.74, 6) is 5.70. The Morgan fingerprint density at radius 3 is 2.82 bits per heavy atom. The standard InChI is InChI=1S/C23H35N3O6S/c1-6-11-24-23(28)25(4)15-21-17(2)14-26(18(3)16-27)33(29,30)22-10-9-19(8-7-12-31-5)13-20(22)32-21/h9-10,13,17-18,21,27H,6,11-12,14-16H2,1-5H3,(H,24,28)/t17-,18+,21-/m0/s1. The summed E-state index contributed by atoms with van der Waals surface area (Å²) in [7, 11) is -0.705. The number of ether oxygens (including phenoxy) is 2. The smallest absolute Gasteiger partial charge is 0.317 e. The molecule has 0 aromatic heterocycles. The largest absolute Gasteiger partial charge is 0.487 e. The van der Waals surface area contributed by atoms with Crippen molar-refractivity contribution < 1.29 is 27.8 Å². The van der Waals surface area contributed by atoms with Gasteiger partial charge in [-0.25, -0.2) is 13.2 Å². The SMILES string of the molecule is CCCNC(=O)N(C)C[C@@H]1Oc2cc(C#CCOC)ccc2S(=O)(=O)N([C@H](C)CO)C[C@@H]1C. The molecular formula is C23H35N3O6S. The Balaban J connectivity index is 2.48. The number of rotatable bonds is 7. The van der Waals surface area contributed by atoms with E-state index in [9.17, 15) is 18.3 Å². The molecular weight excluding hydrogens is 446 g/mol. The number of carbonyl (C=O) groups is 1. The van der Waals surface area contributed by atoms with Gasteiger partial charge in [-0.15, -0.1) is 0 Å². The van der Waals surface area contributed by atoms with Crippen LogP contribution < -0.4 is 10.1 Å². The molecule has 10 heteroatoms. The molecule has 0 bridgehead atoms. The van der Waals surface area contributed by atoms with Crippen LogP contribution in [0.5, 0.6) is 5.75 Å². The van der Waals surface area contributed by atoms with E-state index in [1.54, 1.807) is 33.2 Å². The summed E-state index contributed by atoms with van der Waals surface area (Å²) < 4.78 is 39.4. The predicted molar refractivity (Wildman–Crippen MR) is 126 cm³/mol.